The summed E-state index contributed by atoms with van der Waals surface area (Å²) in [7, 11) is 1.61. The van der Waals surface area contributed by atoms with E-state index in [-0.39, 0.29) is 0 Å². The largest absolute Gasteiger partial charge is 0.497 e. The zero-order valence-corrected chi connectivity index (χ0v) is 13.8. The molecule has 0 bridgehead atoms. The topological polar surface area (TPSA) is 38.7 Å². The second-order valence-corrected chi connectivity index (χ2v) is 5.66. The fourth-order valence-electron chi connectivity index (χ4n) is 2.02. The quantitative estimate of drug-likeness (QED) is 0.842. The van der Waals surface area contributed by atoms with Crippen LogP contribution in [0.25, 0.3) is 0 Å². The van der Waals surface area contributed by atoms with Crippen molar-refractivity contribution in [3.63, 3.8) is 0 Å². The zero-order valence-electron chi connectivity index (χ0n) is 12.2. The maximum atomic E-state index is 10.5. The Morgan fingerprint density at radius 3 is 2.38 bits per heavy atom. The van der Waals surface area contributed by atoms with E-state index < -0.39 is 6.10 Å². The molecule has 1 atom stereocenters. The van der Waals surface area contributed by atoms with E-state index in [9.17, 15) is 5.11 Å². The molecule has 0 saturated heterocycles. The minimum absolute atomic E-state index is 0.698. The van der Waals surface area contributed by atoms with E-state index in [4.69, 9.17) is 9.47 Å². The first-order valence-electron chi connectivity index (χ1n) is 6.89. The summed E-state index contributed by atoms with van der Waals surface area (Å²) in [6, 6.07) is 13.1. The van der Waals surface area contributed by atoms with E-state index in [2.05, 4.69) is 22.9 Å². The summed E-state index contributed by atoms with van der Waals surface area (Å²) in [6.45, 7) is 2.77. The van der Waals surface area contributed by atoms with Crippen molar-refractivity contribution < 1.29 is 14.6 Å². The van der Waals surface area contributed by atoms with Crippen LogP contribution in [-0.4, -0.2) is 18.8 Å². The highest BCUT2D eigenvalue weighted by atomic mass is 79.9. The molecule has 21 heavy (non-hydrogen) atoms. The van der Waals surface area contributed by atoms with Gasteiger partial charge in [0.15, 0.2) is 0 Å². The fourth-order valence-corrected chi connectivity index (χ4v) is 2.51. The lowest BCUT2D eigenvalue weighted by Gasteiger charge is -2.14. The van der Waals surface area contributed by atoms with Crippen molar-refractivity contribution in [1.29, 1.82) is 0 Å². The molecule has 2 aromatic rings. The van der Waals surface area contributed by atoms with Crippen LogP contribution in [0.15, 0.2) is 46.9 Å². The monoisotopic (exact) mass is 350 g/mol. The summed E-state index contributed by atoms with van der Waals surface area (Å²) in [6.07, 6.45) is 0.277. The van der Waals surface area contributed by atoms with Gasteiger partial charge in [-0.2, -0.15) is 0 Å². The molecule has 0 aliphatic carbocycles. The van der Waals surface area contributed by atoms with E-state index in [1.165, 1.54) is 0 Å². The number of aliphatic hydroxyl groups is 1. The van der Waals surface area contributed by atoms with Crippen LogP contribution in [0.2, 0.25) is 0 Å². The normalized spacial score (nSPS) is 12.0. The highest BCUT2D eigenvalue weighted by Crippen LogP contribution is 2.29. The van der Waals surface area contributed by atoms with Gasteiger partial charge in [-0.05, 0) is 47.9 Å². The standard InChI is InChI=1S/C17H19BrO3/c1-3-8-21-15-6-4-12(5-7-15)17(19)13-9-14(18)11-16(10-13)20-2/h4-7,9-11,17,19H,3,8H2,1-2H3. The lowest BCUT2D eigenvalue weighted by molar-refractivity contribution is 0.219. The summed E-state index contributed by atoms with van der Waals surface area (Å²) in [5.41, 5.74) is 1.60. The molecule has 2 aromatic carbocycles. The Hall–Kier alpha value is -1.52. The van der Waals surface area contributed by atoms with Crippen LogP contribution in [0.5, 0.6) is 11.5 Å². The lowest BCUT2D eigenvalue weighted by atomic mass is 10.0. The van der Waals surface area contributed by atoms with Gasteiger partial charge in [-0.1, -0.05) is 35.0 Å². The molecule has 0 saturated carbocycles. The Morgan fingerprint density at radius 2 is 1.76 bits per heavy atom. The highest BCUT2D eigenvalue weighted by Gasteiger charge is 2.12. The lowest BCUT2D eigenvalue weighted by Crippen LogP contribution is -2.01. The maximum absolute atomic E-state index is 10.5. The number of halogens is 1. The Balaban J connectivity index is 2.19. The van der Waals surface area contributed by atoms with Gasteiger partial charge in [-0.25, -0.2) is 0 Å². The number of ether oxygens (including phenoxy) is 2. The van der Waals surface area contributed by atoms with Gasteiger partial charge in [-0.3, -0.25) is 0 Å². The van der Waals surface area contributed by atoms with E-state index in [0.29, 0.717) is 12.4 Å². The van der Waals surface area contributed by atoms with Gasteiger partial charge >= 0.3 is 0 Å². The Bertz CT molecular complexity index is 581. The second-order valence-electron chi connectivity index (χ2n) is 4.74. The third-order valence-electron chi connectivity index (χ3n) is 3.11. The van der Waals surface area contributed by atoms with Crippen molar-refractivity contribution in [2.24, 2.45) is 0 Å². The molecular weight excluding hydrogens is 332 g/mol. The summed E-state index contributed by atoms with van der Waals surface area (Å²) in [4.78, 5) is 0. The minimum atomic E-state index is -0.698. The van der Waals surface area contributed by atoms with Gasteiger partial charge in [0.05, 0.1) is 13.7 Å². The smallest absolute Gasteiger partial charge is 0.120 e. The fraction of sp³-hybridized carbons (Fsp3) is 0.294. The van der Waals surface area contributed by atoms with E-state index in [0.717, 1.165) is 27.8 Å². The van der Waals surface area contributed by atoms with E-state index in [1.807, 2.05) is 42.5 Å². The van der Waals surface area contributed by atoms with E-state index in [1.54, 1.807) is 7.11 Å². The molecule has 0 aromatic heterocycles. The van der Waals surface area contributed by atoms with Gasteiger partial charge in [-0.15, -0.1) is 0 Å². The Labute approximate surface area is 133 Å². The van der Waals surface area contributed by atoms with Gasteiger partial charge in [0, 0.05) is 4.47 Å². The first-order chi connectivity index (χ1) is 10.1. The van der Waals surface area contributed by atoms with Crippen molar-refractivity contribution in [3.8, 4) is 11.5 Å². The number of hydrogen-bond acceptors (Lipinski definition) is 3. The van der Waals surface area contributed by atoms with Gasteiger partial charge < -0.3 is 14.6 Å². The summed E-state index contributed by atoms with van der Waals surface area (Å²) >= 11 is 3.42. The predicted octanol–water partition coefficient (Wildman–Crippen LogP) is 4.33. The number of methoxy groups -OCH3 is 1. The molecule has 0 aliphatic heterocycles. The average Bonchev–Trinajstić information content (AvgIpc) is 2.52. The van der Waals surface area contributed by atoms with Crippen molar-refractivity contribution in [1.82, 2.24) is 0 Å². The molecule has 1 N–H and O–H groups in total. The van der Waals surface area contributed by atoms with Crippen molar-refractivity contribution in [2.75, 3.05) is 13.7 Å². The third-order valence-corrected chi connectivity index (χ3v) is 3.57. The number of benzene rings is 2. The number of hydrogen-bond donors (Lipinski definition) is 1. The van der Waals surface area contributed by atoms with Gasteiger partial charge in [0.2, 0.25) is 0 Å². The SMILES string of the molecule is CCCOc1ccc(C(O)c2cc(Br)cc(OC)c2)cc1. The van der Waals surface area contributed by atoms with Gasteiger partial charge in [0.1, 0.15) is 17.6 Å². The van der Waals surface area contributed by atoms with Crippen LogP contribution < -0.4 is 9.47 Å². The van der Waals surface area contributed by atoms with Crippen LogP contribution in [0, 0.1) is 0 Å². The Morgan fingerprint density at radius 1 is 1.05 bits per heavy atom. The molecular formula is C17H19BrO3. The van der Waals surface area contributed by atoms with Crippen LogP contribution in [0.4, 0.5) is 0 Å². The predicted molar refractivity (Wildman–Crippen MR) is 87.0 cm³/mol. The van der Waals surface area contributed by atoms with Crippen molar-refractivity contribution in [2.45, 2.75) is 19.4 Å². The van der Waals surface area contributed by atoms with Crippen LogP contribution in [-0.2, 0) is 0 Å². The molecule has 0 heterocycles. The molecule has 3 nitrogen and oxygen atoms in total. The molecule has 0 spiro atoms. The van der Waals surface area contributed by atoms with Crippen LogP contribution in [0.3, 0.4) is 0 Å². The van der Waals surface area contributed by atoms with E-state index >= 15 is 0 Å². The number of rotatable bonds is 6. The van der Waals surface area contributed by atoms with Crippen molar-refractivity contribution in [3.05, 3.63) is 58.1 Å². The molecule has 1 unspecified atom stereocenters. The average molecular weight is 351 g/mol. The third kappa shape index (κ3) is 4.22. The van der Waals surface area contributed by atoms with Crippen LogP contribution in [0.1, 0.15) is 30.6 Å². The second kappa shape index (κ2) is 7.48. The zero-order chi connectivity index (χ0) is 15.2. The first-order valence-corrected chi connectivity index (χ1v) is 7.68. The van der Waals surface area contributed by atoms with Gasteiger partial charge in [0.25, 0.3) is 0 Å². The first kappa shape index (κ1) is 15.9. The molecule has 112 valence electrons. The van der Waals surface area contributed by atoms with Crippen molar-refractivity contribution >= 4 is 15.9 Å². The molecule has 0 fully saturated rings. The summed E-state index contributed by atoms with van der Waals surface area (Å²) < 4.78 is 11.6. The summed E-state index contributed by atoms with van der Waals surface area (Å²) in [5.74, 6) is 1.53. The van der Waals surface area contributed by atoms with Crippen LogP contribution >= 0.6 is 15.9 Å². The molecule has 0 amide bonds. The molecule has 4 heteroatoms. The molecule has 2 rings (SSSR count). The molecule has 0 radical (unpaired) electrons. The minimum Gasteiger partial charge on any atom is -0.497 e. The number of aliphatic hydroxyl groups excluding tert-OH is 1. The maximum Gasteiger partial charge on any atom is 0.120 e. The Kier molecular flexibility index (Phi) is 5.65. The summed E-state index contributed by atoms with van der Waals surface area (Å²) in [5, 5.41) is 10.5. The molecule has 0 aliphatic rings. The highest BCUT2D eigenvalue weighted by molar-refractivity contribution is 9.10.